The molecular weight excluding hydrogens is 262 g/mol. The smallest absolute Gasteiger partial charge is 0.133 e. The fourth-order valence-corrected chi connectivity index (χ4v) is 2.98. The molecule has 21 heavy (non-hydrogen) atoms. The number of rotatable bonds is 5. The second-order valence-corrected chi connectivity index (χ2v) is 5.66. The zero-order valence-electron chi connectivity index (χ0n) is 12.6. The monoisotopic (exact) mass is 285 g/mol. The summed E-state index contributed by atoms with van der Waals surface area (Å²) in [6, 6.07) is 8.15. The number of aromatic nitrogens is 1. The Morgan fingerprint density at radius 2 is 2.14 bits per heavy atom. The van der Waals surface area contributed by atoms with Gasteiger partial charge in [0.05, 0.1) is 7.11 Å². The van der Waals surface area contributed by atoms with Gasteiger partial charge in [0.25, 0.3) is 0 Å². The molecule has 4 heteroatoms. The van der Waals surface area contributed by atoms with Gasteiger partial charge in [0.2, 0.25) is 0 Å². The van der Waals surface area contributed by atoms with E-state index in [1.165, 1.54) is 24.6 Å². The number of piperidine rings is 1. The fourth-order valence-electron chi connectivity index (χ4n) is 2.98. The highest BCUT2D eigenvalue weighted by atomic mass is 16.5. The Morgan fingerprint density at radius 1 is 1.29 bits per heavy atom. The van der Waals surface area contributed by atoms with Crippen molar-refractivity contribution in [2.24, 2.45) is 5.92 Å². The third-order valence-electron chi connectivity index (χ3n) is 4.28. The first-order valence-corrected chi connectivity index (χ1v) is 7.74. The Bertz CT molecular complexity index is 594. The molecule has 1 aliphatic rings. The van der Waals surface area contributed by atoms with Crippen molar-refractivity contribution in [3.05, 3.63) is 30.5 Å². The molecule has 1 aromatic carbocycles. The highest BCUT2D eigenvalue weighted by molar-refractivity contribution is 5.92. The van der Waals surface area contributed by atoms with Gasteiger partial charge in [-0.15, -0.1) is 0 Å². The lowest BCUT2D eigenvalue weighted by atomic mass is 9.95. The predicted molar refractivity (Wildman–Crippen MR) is 87.0 cm³/mol. The lowest BCUT2D eigenvalue weighted by molar-refractivity contribution is 0.361. The quantitative estimate of drug-likeness (QED) is 0.886. The number of nitrogens with one attached hydrogen (secondary N) is 2. The normalized spacial score (nSPS) is 16.0. The van der Waals surface area contributed by atoms with Gasteiger partial charge in [-0.25, -0.2) is 4.98 Å². The van der Waals surface area contributed by atoms with Gasteiger partial charge < -0.3 is 15.4 Å². The van der Waals surface area contributed by atoms with Crippen molar-refractivity contribution < 1.29 is 4.74 Å². The van der Waals surface area contributed by atoms with E-state index in [1.807, 2.05) is 18.3 Å². The van der Waals surface area contributed by atoms with Crippen LogP contribution in [0.1, 0.15) is 19.3 Å². The van der Waals surface area contributed by atoms with E-state index in [4.69, 9.17) is 4.74 Å². The number of benzene rings is 1. The second kappa shape index (κ2) is 6.76. The van der Waals surface area contributed by atoms with Crippen molar-refractivity contribution in [2.75, 3.05) is 32.1 Å². The summed E-state index contributed by atoms with van der Waals surface area (Å²) in [4.78, 5) is 4.49. The van der Waals surface area contributed by atoms with E-state index in [2.05, 4.69) is 27.8 Å². The average Bonchev–Trinajstić information content (AvgIpc) is 2.55. The van der Waals surface area contributed by atoms with E-state index < -0.39 is 0 Å². The van der Waals surface area contributed by atoms with Gasteiger partial charge in [-0.1, -0.05) is 6.07 Å². The predicted octanol–water partition coefficient (Wildman–Crippen LogP) is 3.05. The summed E-state index contributed by atoms with van der Waals surface area (Å²) in [6.07, 6.45) is 5.66. The summed E-state index contributed by atoms with van der Waals surface area (Å²) in [7, 11) is 1.70. The van der Waals surface area contributed by atoms with Gasteiger partial charge >= 0.3 is 0 Å². The molecular formula is C17H23N3O. The van der Waals surface area contributed by atoms with E-state index in [0.717, 1.165) is 42.5 Å². The molecule has 2 aromatic rings. The first-order chi connectivity index (χ1) is 10.4. The highest BCUT2D eigenvalue weighted by Gasteiger charge is 2.12. The maximum absolute atomic E-state index is 5.31. The lowest BCUT2D eigenvalue weighted by Crippen LogP contribution is -2.28. The molecule has 0 radical (unpaired) electrons. The summed E-state index contributed by atoms with van der Waals surface area (Å²) in [5, 5.41) is 9.23. The van der Waals surface area contributed by atoms with Crippen LogP contribution in [0.4, 0.5) is 5.82 Å². The van der Waals surface area contributed by atoms with Crippen LogP contribution in [0.2, 0.25) is 0 Å². The molecule has 1 aromatic heterocycles. The van der Waals surface area contributed by atoms with Crippen LogP contribution in [0.15, 0.2) is 30.5 Å². The Kier molecular flexibility index (Phi) is 4.55. The largest absolute Gasteiger partial charge is 0.497 e. The zero-order valence-corrected chi connectivity index (χ0v) is 12.6. The summed E-state index contributed by atoms with van der Waals surface area (Å²) >= 11 is 0. The van der Waals surface area contributed by atoms with Crippen molar-refractivity contribution >= 4 is 16.6 Å². The molecule has 0 atom stereocenters. The van der Waals surface area contributed by atoms with E-state index in [1.54, 1.807) is 7.11 Å². The number of nitrogens with zero attached hydrogens (tertiary/aromatic N) is 1. The van der Waals surface area contributed by atoms with Crippen LogP contribution in [-0.2, 0) is 0 Å². The van der Waals surface area contributed by atoms with Gasteiger partial charge in [0, 0.05) is 18.1 Å². The average molecular weight is 285 g/mol. The van der Waals surface area contributed by atoms with Crippen LogP contribution < -0.4 is 15.4 Å². The van der Waals surface area contributed by atoms with Crippen molar-refractivity contribution in [3.63, 3.8) is 0 Å². The van der Waals surface area contributed by atoms with Crippen LogP contribution in [0, 0.1) is 5.92 Å². The molecule has 0 aliphatic carbocycles. The lowest BCUT2D eigenvalue weighted by Gasteiger charge is -2.22. The standard InChI is InChI=1S/C17H23N3O/c1-21-15-3-2-14-7-11-20-17(16(14)12-15)19-10-6-13-4-8-18-9-5-13/h2-3,7,11-13,18H,4-6,8-10H2,1H3,(H,19,20). The summed E-state index contributed by atoms with van der Waals surface area (Å²) < 4.78 is 5.31. The molecule has 0 amide bonds. The summed E-state index contributed by atoms with van der Waals surface area (Å²) in [5.41, 5.74) is 0. The Morgan fingerprint density at radius 3 is 2.95 bits per heavy atom. The van der Waals surface area contributed by atoms with E-state index in [9.17, 15) is 0 Å². The van der Waals surface area contributed by atoms with Gasteiger partial charge in [0.1, 0.15) is 11.6 Å². The van der Waals surface area contributed by atoms with Gasteiger partial charge in [-0.2, -0.15) is 0 Å². The van der Waals surface area contributed by atoms with Crippen LogP contribution in [-0.4, -0.2) is 31.7 Å². The molecule has 2 N–H and O–H groups in total. The molecule has 0 saturated carbocycles. The van der Waals surface area contributed by atoms with Crippen LogP contribution in [0.5, 0.6) is 5.75 Å². The molecule has 4 nitrogen and oxygen atoms in total. The zero-order chi connectivity index (χ0) is 14.5. The number of hydrogen-bond acceptors (Lipinski definition) is 4. The van der Waals surface area contributed by atoms with Crippen molar-refractivity contribution in [1.82, 2.24) is 10.3 Å². The maximum Gasteiger partial charge on any atom is 0.133 e. The van der Waals surface area contributed by atoms with Crippen molar-refractivity contribution in [3.8, 4) is 5.75 Å². The second-order valence-electron chi connectivity index (χ2n) is 5.66. The first-order valence-electron chi connectivity index (χ1n) is 7.74. The van der Waals surface area contributed by atoms with Crippen LogP contribution in [0.3, 0.4) is 0 Å². The third kappa shape index (κ3) is 3.45. The number of hydrogen-bond donors (Lipinski definition) is 2. The molecule has 3 rings (SSSR count). The Hall–Kier alpha value is -1.81. The van der Waals surface area contributed by atoms with E-state index >= 15 is 0 Å². The molecule has 2 heterocycles. The summed E-state index contributed by atoms with van der Waals surface area (Å²) in [6.45, 7) is 3.30. The van der Waals surface area contributed by atoms with E-state index in [0.29, 0.717) is 0 Å². The molecule has 0 unspecified atom stereocenters. The Balaban J connectivity index is 1.68. The summed E-state index contributed by atoms with van der Waals surface area (Å²) in [5.74, 6) is 2.67. The van der Waals surface area contributed by atoms with Gasteiger partial charge in [0.15, 0.2) is 0 Å². The molecule has 1 fully saturated rings. The van der Waals surface area contributed by atoms with Gasteiger partial charge in [-0.05, 0) is 61.9 Å². The van der Waals surface area contributed by atoms with Crippen LogP contribution >= 0.6 is 0 Å². The molecule has 1 aliphatic heterocycles. The van der Waals surface area contributed by atoms with Crippen LogP contribution in [0.25, 0.3) is 10.8 Å². The number of ether oxygens (including phenoxy) is 1. The fraction of sp³-hybridized carbons (Fsp3) is 0.471. The molecule has 1 saturated heterocycles. The molecule has 0 bridgehead atoms. The van der Waals surface area contributed by atoms with E-state index in [-0.39, 0.29) is 0 Å². The number of anilines is 1. The first kappa shape index (κ1) is 14.1. The minimum atomic E-state index is 0.836. The minimum Gasteiger partial charge on any atom is -0.497 e. The Labute approximate surface area is 125 Å². The highest BCUT2D eigenvalue weighted by Crippen LogP contribution is 2.26. The van der Waals surface area contributed by atoms with Crippen molar-refractivity contribution in [1.29, 1.82) is 0 Å². The topological polar surface area (TPSA) is 46.2 Å². The number of fused-ring (bicyclic) bond motifs is 1. The number of pyridine rings is 1. The maximum atomic E-state index is 5.31. The third-order valence-corrected chi connectivity index (χ3v) is 4.28. The SMILES string of the molecule is COc1ccc2ccnc(NCCC3CCNCC3)c2c1. The molecule has 112 valence electrons. The molecule has 0 spiro atoms. The van der Waals surface area contributed by atoms with Gasteiger partial charge in [-0.3, -0.25) is 0 Å². The minimum absolute atomic E-state index is 0.836. The van der Waals surface area contributed by atoms with Crippen molar-refractivity contribution in [2.45, 2.75) is 19.3 Å². The number of methoxy groups -OCH3 is 1.